The fourth-order valence-electron chi connectivity index (χ4n) is 2.87. The van der Waals surface area contributed by atoms with Gasteiger partial charge in [-0.2, -0.15) is 0 Å². The molecule has 3 rings (SSSR count). The van der Waals surface area contributed by atoms with Crippen LogP contribution < -0.4 is 10.9 Å². The van der Waals surface area contributed by atoms with E-state index in [1.165, 1.54) is 18.9 Å². The standard InChI is InChI=1S/C18H20ClN3O2/c19-15-4-3-5-16(12-15)20-18(24)14-6-7-17(23)22(13-14)11-10-21-8-1-2-9-21/h3-7,12-13H,1-2,8-11H2,(H,20,24). The van der Waals surface area contributed by atoms with Gasteiger partial charge in [0.25, 0.3) is 11.5 Å². The predicted molar refractivity (Wildman–Crippen MR) is 95.8 cm³/mol. The van der Waals surface area contributed by atoms with Gasteiger partial charge in [-0.1, -0.05) is 17.7 Å². The molecular formula is C18H20ClN3O2. The van der Waals surface area contributed by atoms with Crippen LogP contribution >= 0.6 is 11.6 Å². The van der Waals surface area contributed by atoms with Gasteiger partial charge < -0.3 is 14.8 Å². The van der Waals surface area contributed by atoms with Crippen LogP contribution in [0.4, 0.5) is 5.69 Å². The number of likely N-dealkylation sites (tertiary alicyclic amines) is 1. The van der Waals surface area contributed by atoms with E-state index in [1.807, 2.05) is 0 Å². The summed E-state index contributed by atoms with van der Waals surface area (Å²) < 4.78 is 1.60. The summed E-state index contributed by atoms with van der Waals surface area (Å²) in [5.41, 5.74) is 0.992. The van der Waals surface area contributed by atoms with Crippen molar-refractivity contribution in [2.45, 2.75) is 19.4 Å². The van der Waals surface area contributed by atoms with Crippen molar-refractivity contribution >= 4 is 23.2 Å². The van der Waals surface area contributed by atoms with Crippen molar-refractivity contribution in [2.75, 3.05) is 25.0 Å². The van der Waals surface area contributed by atoms with Gasteiger partial charge in [-0.25, -0.2) is 0 Å². The first-order valence-electron chi connectivity index (χ1n) is 8.11. The van der Waals surface area contributed by atoms with Crippen LogP contribution in [0.3, 0.4) is 0 Å². The van der Waals surface area contributed by atoms with E-state index in [9.17, 15) is 9.59 Å². The van der Waals surface area contributed by atoms with Crippen LogP contribution in [0.25, 0.3) is 0 Å². The summed E-state index contributed by atoms with van der Waals surface area (Å²) in [6.07, 6.45) is 4.06. The number of rotatable bonds is 5. The molecule has 0 radical (unpaired) electrons. The van der Waals surface area contributed by atoms with Crippen molar-refractivity contribution in [3.05, 3.63) is 63.5 Å². The Morgan fingerprint density at radius 1 is 1.12 bits per heavy atom. The minimum absolute atomic E-state index is 0.0893. The number of carbonyl (C=O) groups excluding carboxylic acids is 1. The van der Waals surface area contributed by atoms with Crippen LogP contribution in [-0.2, 0) is 6.54 Å². The summed E-state index contributed by atoms with van der Waals surface area (Å²) >= 11 is 5.92. The Morgan fingerprint density at radius 2 is 1.92 bits per heavy atom. The quantitative estimate of drug-likeness (QED) is 0.906. The van der Waals surface area contributed by atoms with Crippen LogP contribution in [0.1, 0.15) is 23.2 Å². The maximum absolute atomic E-state index is 12.4. The molecule has 5 nitrogen and oxygen atoms in total. The predicted octanol–water partition coefficient (Wildman–Crippen LogP) is 2.85. The molecule has 0 spiro atoms. The number of anilines is 1. The zero-order chi connectivity index (χ0) is 16.9. The lowest BCUT2D eigenvalue weighted by atomic mass is 10.2. The second-order valence-electron chi connectivity index (χ2n) is 5.96. The minimum Gasteiger partial charge on any atom is -0.322 e. The van der Waals surface area contributed by atoms with E-state index in [0.717, 1.165) is 19.6 Å². The molecule has 0 bridgehead atoms. The average molecular weight is 346 g/mol. The highest BCUT2D eigenvalue weighted by atomic mass is 35.5. The van der Waals surface area contributed by atoms with Crippen molar-refractivity contribution in [1.29, 1.82) is 0 Å². The Labute approximate surface area is 145 Å². The number of hydrogen-bond donors (Lipinski definition) is 1. The lowest BCUT2D eigenvalue weighted by molar-refractivity contribution is 0.102. The molecule has 1 saturated heterocycles. The van der Waals surface area contributed by atoms with Gasteiger partial charge in [0.1, 0.15) is 0 Å². The van der Waals surface area contributed by atoms with Gasteiger partial charge in [0.05, 0.1) is 5.56 Å². The molecule has 1 aliphatic rings. The fourth-order valence-corrected chi connectivity index (χ4v) is 3.06. The van der Waals surface area contributed by atoms with Crippen LogP contribution in [0, 0.1) is 0 Å². The Bertz CT molecular complexity index is 782. The van der Waals surface area contributed by atoms with Crippen LogP contribution in [0.15, 0.2) is 47.4 Å². The van der Waals surface area contributed by atoms with Gasteiger partial charge in [-0.15, -0.1) is 0 Å². The monoisotopic (exact) mass is 345 g/mol. The molecule has 126 valence electrons. The molecule has 6 heteroatoms. The smallest absolute Gasteiger partial charge is 0.257 e. The third-order valence-corrected chi connectivity index (χ3v) is 4.42. The zero-order valence-corrected chi connectivity index (χ0v) is 14.1. The molecule has 1 aliphatic heterocycles. The number of benzene rings is 1. The first kappa shape index (κ1) is 16.7. The summed E-state index contributed by atoms with van der Waals surface area (Å²) in [5.74, 6) is -0.257. The normalized spacial score (nSPS) is 14.7. The van der Waals surface area contributed by atoms with Crippen molar-refractivity contribution < 1.29 is 4.79 Å². The van der Waals surface area contributed by atoms with Crippen molar-refractivity contribution in [3.63, 3.8) is 0 Å². The number of pyridine rings is 1. The van der Waals surface area contributed by atoms with Crippen LogP contribution in [0.5, 0.6) is 0 Å². The molecule has 1 aromatic carbocycles. The van der Waals surface area contributed by atoms with Gasteiger partial charge in [0.15, 0.2) is 0 Å². The number of carbonyl (C=O) groups is 1. The summed E-state index contributed by atoms with van der Waals surface area (Å²) in [5, 5.41) is 3.35. The maximum Gasteiger partial charge on any atom is 0.257 e. The second-order valence-corrected chi connectivity index (χ2v) is 6.40. The summed E-state index contributed by atoms with van der Waals surface area (Å²) in [7, 11) is 0. The first-order valence-corrected chi connectivity index (χ1v) is 8.49. The van der Waals surface area contributed by atoms with Gasteiger partial charge in [0, 0.05) is 36.1 Å². The van der Waals surface area contributed by atoms with Crippen LogP contribution in [-0.4, -0.2) is 35.0 Å². The molecule has 1 aromatic heterocycles. The number of nitrogens with zero attached hydrogens (tertiary/aromatic N) is 2. The van der Waals surface area contributed by atoms with Gasteiger partial charge in [0.2, 0.25) is 0 Å². The SMILES string of the molecule is O=C(Nc1cccc(Cl)c1)c1ccc(=O)n(CCN2CCCC2)c1. The molecule has 2 aromatic rings. The molecule has 0 atom stereocenters. The molecule has 24 heavy (non-hydrogen) atoms. The highest BCUT2D eigenvalue weighted by Crippen LogP contribution is 2.15. The topological polar surface area (TPSA) is 54.3 Å². The van der Waals surface area contributed by atoms with Crippen molar-refractivity contribution in [2.24, 2.45) is 0 Å². The number of hydrogen-bond acceptors (Lipinski definition) is 3. The van der Waals surface area contributed by atoms with E-state index in [2.05, 4.69) is 10.2 Å². The van der Waals surface area contributed by atoms with Gasteiger partial charge >= 0.3 is 0 Å². The molecule has 0 unspecified atom stereocenters. The lowest BCUT2D eigenvalue weighted by Crippen LogP contribution is -2.29. The number of amides is 1. The Morgan fingerprint density at radius 3 is 2.67 bits per heavy atom. The number of halogens is 1. The average Bonchev–Trinajstić information content (AvgIpc) is 3.07. The molecule has 0 saturated carbocycles. The lowest BCUT2D eigenvalue weighted by Gasteiger charge is -2.15. The maximum atomic E-state index is 12.4. The molecule has 0 aliphatic carbocycles. The van der Waals surface area contributed by atoms with E-state index >= 15 is 0 Å². The van der Waals surface area contributed by atoms with E-state index < -0.39 is 0 Å². The minimum atomic E-state index is -0.257. The third-order valence-electron chi connectivity index (χ3n) is 4.18. The van der Waals surface area contributed by atoms with E-state index in [-0.39, 0.29) is 11.5 Å². The molecule has 1 fully saturated rings. The molecule has 1 N–H and O–H groups in total. The number of nitrogens with one attached hydrogen (secondary N) is 1. The van der Waals surface area contributed by atoms with Crippen molar-refractivity contribution in [3.8, 4) is 0 Å². The van der Waals surface area contributed by atoms with Gasteiger partial charge in [-0.05, 0) is 50.2 Å². The van der Waals surface area contributed by atoms with E-state index in [1.54, 1.807) is 41.1 Å². The third kappa shape index (κ3) is 4.24. The second kappa shape index (κ2) is 7.64. The number of aromatic nitrogens is 1. The molecular weight excluding hydrogens is 326 g/mol. The first-order chi connectivity index (χ1) is 11.6. The van der Waals surface area contributed by atoms with Crippen molar-refractivity contribution in [1.82, 2.24) is 9.47 Å². The summed E-state index contributed by atoms with van der Waals surface area (Å²) in [4.78, 5) is 26.7. The Balaban J connectivity index is 1.69. The largest absolute Gasteiger partial charge is 0.322 e. The van der Waals surface area contributed by atoms with E-state index in [4.69, 9.17) is 11.6 Å². The highest BCUT2D eigenvalue weighted by Gasteiger charge is 2.12. The molecule has 1 amide bonds. The van der Waals surface area contributed by atoms with E-state index in [0.29, 0.717) is 22.8 Å². The van der Waals surface area contributed by atoms with Crippen LogP contribution in [0.2, 0.25) is 5.02 Å². The summed E-state index contributed by atoms with van der Waals surface area (Å²) in [6.45, 7) is 3.60. The zero-order valence-electron chi connectivity index (χ0n) is 13.4. The highest BCUT2D eigenvalue weighted by molar-refractivity contribution is 6.30. The van der Waals surface area contributed by atoms with Gasteiger partial charge in [-0.3, -0.25) is 9.59 Å². The fraction of sp³-hybridized carbons (Fsp3) is 0.333. The Hall–Kier alpha value is -2.11. The molecule has 2 heterocycles. The summed E-state index contributed by atoms with van der Waals surface area (Å²) in [6, 6.07) is 9.96. The Kier molecular flexibility index (Phi) is 5.33.